The van der Waals surface area contributed by atoms with Crippen molar-refractivity contribution >= 4 is 51.2 Å². The minimum atomic E-state index is -0.997. The molecule has 2 heterocycles. The molecular weight excluding hydrogens is 568 g/mol. The first-order valence-electron chi connectivity index (χ1n) is 12.4. The monoisotopic (exact) mass is 602 g/mol. The lowest BCUT2D eigenvalue weighted by molar-refractivity contribution is 0.0424. The summed E-state index contributed by atoms with van der Waals surface area (Å²) < 4.78 is 18.8. The van der Waals surface area contributed by atoms with E-state index >= 15 is 0 Å². The molecule has 0 aliphatic carbocycles. The summed E-state index contributed by atoms with van der Waals surface area (Å²) in [5.74, 6) is -0.261. The van der Waals surface area contributed by atoms with Gasteiger partial charge in [0.05, 0.1) is 11.7 Å². The van der Waals surface area contributed by atoms with Crippen LogP contribution in [0, 0.1) is 6.92 Å². The topological polar surface area (TPSA) is 113 Å². The molecule has 0 bridgehead atoms. The third kappa shape index (κ3) is 7.35. The molecule has 1 aromatic carbocycles. The Hall–Kier alpha value is -3.47. The molecule has 210 valence electrons. The van der Waals surface area contributed by atoms with Crippen LogP contribution in [0.3, 0.4) is 0 Å². The van der Waals surface area contributed by atoms with E-state index in [9.17, 15) is 14.4 Å². The zero-order chi connectivity index (χ0) is 29.5. The van der Waals surface area contributed by atoms with E-state index in [2.05, 4.69) is 25.9 Å². The van der Waals surface area contributed by atoms with Crippen molar-refractivity contribution < 1.29 is 28.6 Å². The zero-order valence-electron chi connectivity index (χ0n) is 24.0. The average molecular weight is 604 g/mol. The molecule has 2 aromatic heterocycles. The summed E-state index contributed by atoms with van der Waals surface area (Å²) in [6.45, 7) is 17.2. The number of imide groups is 1. The Morgan fingerprint density at radius 1 is 0.872 bits per heavy atom. The summed E-state index contributed by atoms with van der Waals surface area (Å²) >= 11 is 3.49. The van der Waals surface area contributed by atoms with Crippen LogP contribution in [-0.2, 0) is 14.2 Å². The molecule has 0 aliphatic rings. The van der Waals surface area contributed by atoms with Crippen LogP contribution >= 0.6 is 15.9 Å². The number of halogens is 1. The molecule has 0 fully saturated rings. The van der Waals surface area contributed by atoms with E-state index in [1.54, 1.807) is 69.2 Å². The molecule has 39 heavy (non-hydrogen) atoms. The zero-order valence-corrected chi connectivity index (χ0v) is 25.6. The van der Waals surface area contributed by atoms with Crippen LogP contribution in [0.5, 0.6) is 0 Å². The van der Waals surface area contributed by atoms with Gasteiger partial charge in [0, 0.05) is 15.7 Å². The molecule has 0 aliphatic heterocycles. The van der Waals surface area contributed by atoms with E-state index in [4.69, 9.17) is 14.2 Å². The second-order valence-electron chi connectivity index (χ2n) is 12.0. The van der Waals surface area contributed by atoms with E-state index in [-0.39, 0.29) is 5.95 Å². The number of rotatable bonds is 2. The lowest BCUT2D eigenvalue weighted by Crippen LogP contribution is -2.44. The maximum Gasteiger partial charge on any atom is 0.427 e. The van der Waals surface area contributed by atoms with Crippen molar-refractivity contribution in [2.75, 3.05) is 4.90 Å². The molecule has 0 spiro atoms. The van der Waals surface area contributed by atoms with Gasteiger partial charge in [0.2, 0.25) is 5.95 Å². The number of ether oxygens (including phenoxy) is 3. The van der Waals surface area contributed by atoms with Gasteiger partial charge in [-0.2, -0.15) is 0 Å². The number of benzene rings is 1. The first-order valence-corrected chi connectivity index (χ1v) is 13.2. The smallest absolute Gasteiger partial charge is 0.427 e. The molecular formula is C28H35BrN4O6. The first-order chi connectivity index (χ1) is 17.8. The normalized spacial score (nSPS) is 12.3. The third-order valence-electron chi connectivity index (χ3n) is 4.97. The lowest BCUT2D eigenvalue weighted by Gasteiger charge is -2.27. The number of carbonyl (C=O) groups excluding carboxylic acids is 3. The van der Waals surface area contributed by atoms with E-state index < -0.39 is 35.1 Å². The van der Waals surface area contributed by atoms with Crippen molar-refractivity contribution in [3.8, 4) is 11.1 Å². The average Bonchev–Trinajstić information content (AvgIpc) is 3.01. The number of aromatic nitrogens is 3. The Balaban J connectivity index is 2.30. The minimum absolute atomic E-state index is 0.261. The fourth-order valence-corrected chi connectivity index (χ4v) is 4.07. The molecule has 11 heteroatoms. The maximum absolute atomic E-state index is 13.3. The predicted molar refractivity (Wildman–Crippen MR) is 152 cm³/mol. The number of amides is 2. The van der Waals surface area contributed by atoms with Gasteiger partial charge >= 0.3 is 18.3 Å². The summed E-state index contributed by atoms with van der Waals surface area (Å²) in [5, 5.41) is 0. The fraction of sp³-hybridized carbons (Fsp3) is 0.464. The molecule has 0 N–H and O–H groups in total. The van der Waals surface area contributed by atoms with Gasteiger partial charge in [0.1, 0.15) is 22.3 Å². The molecule has 0 saturated heterocycles. The number of nitrogens with zero attached hydrogens (tertiary/aromatic N) is 4. The molecule has 0 atom stereocenters. The highest BCUT2D eigenvalue weighted by molar-refractivity contribution is 9.10. The Bertz CT molecular complexity index is 1400. The largest absolute Gasteiger partial charge is 0.443 e. The van der Waals surface area contributed by atoms with Crippen molar-refractivity contribution in [1.29, 1.82) is 0 Å². The fourth-order valence-electron chi connectivity index (χ4n) is 3.67. The molecule has 3 rings (SSSR count). The number of hydrogen-bond donors (Lipinski definition) is 0. The highest BCUT2D eigenvalue weighted by Crippen LogP contribution is 2.36. The van der Waals surface area contributed by atoms with Crippen LogP contribution in [0.25, 0.3) is 22.2 Å². The number of carbonyl (C=O) groups is 3. The van der Waals surface area contributed by atoms with E-state index in [1.165, 1.54) is 10.8 Å². The SMILES string of the molecule is Cc1c(-c2cccc(Br)c2)c2nc(N(C(=O)OC(C)(C)C)C(=O)OC(C)(C)C)ncc2n1C(=O)OC(C)(C)C. The summed E-state index contributed by atoms with van der Waals surface area (Å²) in [6, 6.07) is 7.47. The summed E-state index contributed by atoms with van der Waals surface area (Å²) in [7, 11) is 0. The Labute approximate surface area is 236 Å². The van der Waals surface area contributed by atoms with Gasteiger partial charge in [0.15, 0.2) is 0 Å². The second kappa shape index (κ2) is 10.6. The summed E-state index contributed by atoms with van der Waals surface area (Å²) in [5.41, 5.74) is 0.0199. The summed E-state index contributed by atoms with van der Waals surface area (Å²) in [6.07, 6.45) is -1.23. The van der Waals surface area contributed by atoms with Gasteiger partial charge in [-0.3, -0.25) is 0 Å². The van der Waals surface area contributed by atoms with Gasteiger partial charge in [-0.1, -0.05) is 28.1 Å². The van der Waals surface area contributed by atoms with Crippen molar-refractivity contribution in [3.05, 3.63) is 40.6 Å². The van der Waals surface area contributed by atoms with Crippen LogP contribution in [-0.4, -0.2) is 49.6 Å². The predicted octanol–water partition coefficient (Wildman–Crippen LogP) is 7.63. The lowest BCUT2D eigenvalue weighted by atomic mass is 10.1. The number of anilines is 1. The van der Waals surface area contributed by atoms with Crippen molar-refractivity contribution in [3.63, 3.8) is 0 Å². The maximum atomic E-state index is 13.3. The minimum Gasteiger partial charge on any atom is -0.443 e. The Kier molecular flexibility index (Phi) is 8.17. The Morgan fingerprint density at radius 3 is 1.90 bits per heavy atom. The molecule has 0 radical (unpaired) electrons. The number of hydrogen-bond acceptors (Lipinski definition) is 8. The Morgan fingerprint density at radius 2 is 1.41 bits per heavy atom. The third-order valence-corrected chi connectivity index (χ3v) is 5.47. The van der Waals surface area contributed by atoms with Gasteiger partial charge in [-0.25, -0.2) is 28.9 Å². The highest BCUT2D eigenvalue weighted by atomic mass is 79.9. The van der Waals surface area contributed by atoms with Crippen LogP contribution in [0.2, 0.25) is 0 Å². The van der Waals surface area contributed by atoms with Crippen molar-refractivity contribution in [1.82, 2.24) is 14.5 Å². The quantitative estimate of drug-likeness (QED) is 0.275. The van der Waals surface area contributed by atoms with Gasteiger partial charge in [-0.15, -0.1) is 4.90 Å². The highest BCUT2D eigenvalue weighted by Gasteiger charge is 2.36. The molecule has 2 amide bonds. The summed E-state index contributed by atoms with van der Waals surface area (Å²) in [4.78, 5) is 49.2. The molecule has 10 nitrogen and oxygen atoms in total. The number of fused-ring (bicyclic) bond motifs is 1. The van der Waals surface area contributed by atoms with Crippen LogP contribution in [0.1, 0.15) is 68.0 Å². The van der Waals surface area contributed by atoms with E-state index in [0.717, 1.165) is 10.0 Å². The van der Waals surface area contributed by atoms with E-state index in [0.29, 0.717) is 27.2 Å². The molecule has 0 unspecified atom stereocenters. The molecule has 0 saturated carbocycles. The molecule has 3 aromatic rings. The van der Waals surface area contributed by atoms with Gasteiger partial charge in [-0.05, 0) is 86.9 Å². The van der Waals surface area contributed by atoms with Crippen molar-refractivity contribution in [2.24, 2.45) is 0 Å². The van der Waals surface area contributed by atoms with Crippen LogP contribution in [0.15, 0.2) is 34.9 Å². The van der Waals surface area contributed by atoms with Gasteiger partial charge in [0.25, 0.3) is 0 Å². The van der Waals surface area contributed by atoms with Crippen LogP contribution in [0.4, 0.5) is 20.3 Å². The van der Waals surface area contributed by atoms with Crippen LogP contribution < -0.4 is 4.90 Å². The van der Waals surface area contributed by atoms with Crippen molar-refractivity contribution in [2.45, 2.75) is 86.0 Å². The van der Waals surface area contributed by atoms with E-state index in [1.807, 2.05) is 24.3 Å². The second-order valence-corrected chi connectivity index (χ2v) is 12.9. The van der Waals surface area contributed by atoms with Gasteiger partial charge < -0.3 is 14.2 Å². The standard InChI is InChI=1S/C28H35BrN4O6/c1-16-20(17-12-11-13-18(29)14-17)21-19(32(16)23(34)37-26(2,3)4)15-30-22(31-21)33(24(35)38-27(5,6)7)25(36)39-28(8,9)10/h11-15H,1-10H3. The first kappa shape index (κ1) is 30.1.